The van der Waals surface area contributed by atoms with E-state index in [-0.39, 0.29) is 48.4 Å². The molecule has 4 aromatic rings. The van der Waals surface area contributed by atoms with Gasteiger partial charge in [-0.15, -0.1) is 0 Å². The summed E-state index contributed by atoms with van der Waals surface area (Å²) >= 11 is 0. The summed E-state index contributed by atoms with van der Waals surface area (Å²) in [5, 5.41) is 16.3. The van der Waals surface area contributed by atoms with Crippen LogP contribution in [0.15, 0.2) is 61.3 Å². The molecule has 3 aromatic heterocycles. The number of methoxy groups -OCH3 is 1. The highest BCUT2D eigenvalue weighted by Gasteiger charge is 2.38. The van der Waals surface area contributed by atoms with E-state index in [4.69, 9.17) is 4.74 Å². The molecule has 1 aliphatic heterocycles. The van der Waals surface area contributed by atoms with Crippen LogP contribution in [0, 0.1) is 0 Å². The van der Waals surface area contributed by atoms with Crippen molar-refractivity contribution in [1.82, 2.24) is 35.2 Å². The Morgan fingerprint density at radius 1 is 0.920 bits per heavy atom. The van der Waals surface area contributed by atoms with Gasteiger partial charge in [-0.05, 0) is 50.5 Å². The van der Waals surface area contributed by atoms with Gasteiger partial charge in [-0.25, -0.2) is 29.7 Å². The highest BCUT2D eigenvalue weighted by molar-refractivity contribution is 5.90. The number of hydrogen-bond donors (Lipinski definition) is 3. The van der Waals surface area contributed by atoms with Crippen molar-refractivity contribution in [3.05, 3.63) is 72.4 Å². The molecule has 6 rings (SSSR count). The number of halogens is 3. The van der Waals surface area contributed by atoms with E-state index in [1.54, 1.807) is 34.6 Å². The zero-order valence-corrected chi connectivity index (χ0v) is 27.6. The Morgan fingerprint density at radius 2 is 1.60 bits per heavy atom. The Bertz CT molecular complexity index is 1710. The molecule has 1 unspecified atom stereocenters. The van der Waals surface area contributed by atoms with Gasteiger partial charge in [0.05, 0.1) is 13.2 Å². The van der Waals surface area contributed by atoms with Gasteiger partial charge < -0.3 is 25.4 Å². The van der Waals surface area contributed by atoms with Gasteiger partial charge in [-0.3, -0.25) is 4.90 Å². The largest absolute Gasteiger partial charge is 0.467 e. The molecule has 4 heterocycles. The predicted molar refractivity (Wildman–Crippen MR) is 180 cm³/mol. The average molecular weight is 693 g/mol. The molecule has 264 valence electrons. The van der Waals surface area contributed by atoms with E-state index in [9.17, 15) is 23.1 Å². The summed E-state index contributed by atoms with van der Waals surface area (Å²) in [6, 6.07) is 9.08. The lowest BCUT2D eigenvalue weighted by atomic mass is 9.90. The lowest BCUT2D eigenvalue weighted by Gasteiger charge is -2.36. The molecule has 1 saturated carbocycles. The second-order valence-corrected chi connectivity index (χ2v) is 12.4. The van der Waals surface area contributed by atoms with E-state index in [1.807, 2.05) is 30.3 Å². The number of ether oxygens (including phenoxy) is 1. The molecule has 50 heavy (non-hydrogen) atoms. The molecule has 0 spiro atoms. The van der Waals surface area contributed by atoms with Crippen LogP contribution in [-0.2, 0) is 12.7 Å². The molecule has 2 fully saturated rings. The third-order valence-corrected chi connectivity index (χ3v) is 8.97. The first-order chi connectivity index (χ1) is 24.2. The van der Waals surface area contributed by atoms with E-state index in [0.29, 0.717) is 69.2 Å². The van der Waals surface area contributed by atoms with Crippen LogP contribution in [0.4, 0.5) is 35.7 Å². The number of hydrogen-bond acceptors (Lipinski definition) is 11. The first-order valence-corrected chi connectivity index (χ1v) is 16.6. The number of aromatic nitrogens is 6. The second-order valence-electron chi connectivity index (χ2n) is 12.4. The Hall–Kier alpha value is -5.12. The normalized spacial score (nSPS) is 19.7. The molecular formula is C34H39F3N10O3. The third-order valence-electron chi connectivity index (χ3n) is 8.97. The quantitative estimate of drug-likeness (QED) is 0.211. The minimum atomic E-state index is -4.62. The van der Waals surface area contributed by atoms with Crippen LogP contribution in [0.2, 0.25) is 0 Å². The number of amides is 2. The monoisotopic (exact) mass is 692 g/mol. The summed E-state index contributed by atoms with van der Waals surface area (Å²) in [7, 11) is 1.48. The van der Waals surface area contributed by atoms with E-state index < -0.39 is 17.8 Å². The van der Waals surface area contributed by atoms with Crippen molar-refractivity contribution in [2.45, 2.75) is 75.9 Å². The number of carbonyl (C=O) groups excluding carboxylic acids is 1. The fourth-order valence-electron chi connectivity index (χ4n) is 6.28. The van der Waals surface area contributed by atoms with E-state index in [2.05, 4.69) is 40.5 Å². The standard InChI is InChI=1S/C34H39F3N10O3/c1-50-32-41-19-24(20-42-32)23-17-39-31(40-18-23)47(33(49)43-16-22-6-3-2-4-7-22)26-11-9-25(10-12-26)44-30-38-21-28(34(35,36)37)29(45-30)46-14-5-8-27(48)13-15-46/h2-4,6-7,17-21,25-27,48H,5,8-16H2,1H3,(H,43,49)(H,38,44,45)/t25-,26-,27?. The van der Waals surface area contributed by atoms with Gasteiger partial charge in [-0.2, -0.15) is 18.2 Å². The fraction of sp³-hybridized carbons (Fsp3) is 0.441. The second kappa shape index (κ2) is 15.6. The number of alkyl halides is 3. The molecule has 13 nitrogen and oxygen atoms in total. The number of aliphatic hydroxyl groups excluding tert-OH is 1. The summed E-state index contributed by atoms with van der Waals surface area (Å²) in [5.74, 6) is 0.171. The smallest absolute Gasteiger partial charge is 0.421 e. The van der Waals surface area contributed by atoms with Crippen molar-refractivity contribution < 1.29 is 27.8 Å². The number of nitrogens with zero attached hydrogens (tertiary/aromatic N) is 8. The molecule has 2 aliphatic rings. The summed E-state index contributed by atoms with van der Waals surface area (Å²) in [6.07, 6.45) is 5.91. The zero-order valence-electron chi connectivity index (χ0n) is 27.6. The van der Waals surface area contributed by atoms with E-state index in [1.165, 1.54) is 7.11 Å². The van der Waals surface area contributed by atoms with Crippen molar-refractivity contribution in [3.8, 4) is 17.1 Å². The molecule has 1 atom stereocenters. The van der Waals surface area contributed by atoms with Crippen LogP contribution in [0.25, 0.3) is 11.1 Å². The SMILES string of the molecule is COc1ncc(-c2cnc(N(C(=O)NCc3ccccc3)[C@H]3CC[C@H](Nc4ncc(C(F)(F)F)c(N5CCCC(O)CC5)n4)CC3)nc2)cn1. The van der Waals surface area contributed by atoms with Crippen LogP contribution >= 0.6 is 0 Å². The van der Waals surface area contributed by atoms with Crippen molar-refractivity contribution in [3.63, 3.8) is 0 Å². The van der Waals surface area contributed by atoms with Crippen LogP contribution in [0.5, 0.6) is 6.01 Å². The Labute approximate surface area is 287 Å². The van der Waals surface area contributed by atoms with Crippen LogP contribution in [0.3, 0.4) is 0 Å². The van der Waals surface area contributed by atoms with Gasteiger partial charge in [0.1, 0.15) is 11.4 Å². The highest BCUT2D eigenvalue weighted by atomic mass is 19.4. The summed E-state index contributed by atoms with van der Waals surface area (Å²) in [6.45, 7) is 0.948. The van der Waals surface area contributed by atoms with Gasteiger partial charge in [0.25, 0.3) is 0 Å². The topological polar surface area (TPSA) is 154 Å². The molecule has 0 bridgehead atoms. The maximum atomic E-state index is 13.9. The Morgan fingerprint density at radius 3 is 2.26 bits per heavy atom. The third kappa shape index (κ3) is 8.53. The summed E-state index contributed by atoms with van der Waals surface area (Å²) < 4.78 is 46.9. The maximum Gasteiger partial charge on any atom is 0.421 e. The predicted octanol–water partition coefficient (Wildman–Crippen LogP) is 5.24. The molecule has 3 N–H and O–H groups in total. The van der Waals surface area contributed by atoms with Gasteiger partial charge >= 0.3 is 18.2 Å². The molecule has 0 radical (unpaired) electrons. The number of anilines is 3. The Kier molecular flexibility index (Phi) is 10.8. The Balaban J connectivity index is 1.16. The number of urea groups is 1. The summed E-state index contributed by atoms with van der Waals surface area (Å²) in [4.78, 5) is 42.6. The van der Waals surface area contributed by atoms with Crippen molar-refractivity contribution >= 4 is 23.7 Å². The minimum Gasteiger partial charge on any atom is -0.467 e. The maximum absolute atomic E-state index is 13.9. The molecular weight excluding hydrogens is 653 g/mol. The van der Waals surface area contributed by atoms with E-state index >= 15 is 0 Å². The number of aliphatic hydroxyl groups is 1. The van der Waals surface area contributed by atoms with Crippen LogP contribution in [-0.4, -0.2) is 79.4 Å². The first kappa shape index (κ1) is 34.7. The van der Waals surface area contributed by atoms with Crippen LogP contribution < -0.4 is 25.2 Å². The lowest BCUT2D eigenvalue weighted by molar-refractivity contribution is -0.137. The number of nitrogens with one attached hydrogen (secondary N) is 2. The van der Waals surface area contributed by atoms with Crippen molar-refractivity contribution in [2.24, 2.45) is 0 Å². The molecule has 1 saturated heterocycles. The van der Waals surface area contributed by atoms with Crippen LogP contribution in [0.1, 0.15) is 56.1 Å². The first-order valence-electron chi connectivity index (χ1n) is 16.6. The van der Waals surface area contributed by atoms with Gasteiger partial charge in [0.15, 0.2) is 0 Å². The van der Waals surface area contributed by atoms with Crippen molar-refractivity contribution in [2.75, 3.05) is 35.3 Å². The molecule has 2 amide bonds. The molecule has 1 aromatic carbocycles. The lowest BCUT2D eigenvalue weighted by Crippen LogP contribution is -2.49. The zero-order chi connectivity index (χ0) is 35.1. The van der Waals surface area contributed by atoms with Crippen molar-refractivity contribution in [1.29, 1.82) is 0 Å². The van der Waals surface area contributed by atoms with Gasteiger partial charge in [0.2, 0.25) is 11.9 Å². The summed E-state index contributed by atoms with van der Waals surface area (Å²) in [5.41, 5.74) is 1.40. The number of rotatable bonds is 9. The molecule has 1 aliphatic carbocycles. The van der Waals surface area contributed by atoms with Gasteiger partial charge in [-0.1, -0.05) is 30.3 Å². The average Bonchev–Trinajstić information content (AvgIpc) is 3.36. The fourth-order valence-corrected chi connectivity index (χ4v) is 6.28. The number of carbonyl (C=O) groups is 1. The molecule has 16 heteroatoms. The highest BCUT2D eigenvalue weighted by Crippen LogP contribution is 2.37. The van der Waals surface area contributed by atoms with E-state index in [0.717, 1.165) is 11.8 Å². The van der Waals surface area contributed by atoms with Gasteiger partial charge in [0, 0.05) is 73.8 Å². The number of benzene rings is 1. The minimum absolute atomic E-state index is 0.111.